The predicted molar refractivity (Wildman–Crippen MR) is 69.0 cm³/mol. The molecule has 0 N–H and O–H groups in total. The fourth-order valence-corrected chi connectivity index (χ4v) is 2.18. The minimum Gasteiger partial charge on any atom is -0.0776 e. The smallest absolute Gasteiger partial charge is 0.00473 e. The first kappa shape index (κ1) is 12.5. The molecule has 0 atom stereocenters. The van der Waals surface area contributed by atoms with E-state index >= 15 is 0 Å². The fraction of sp³-hybridized carbons (Fsp3) is 0.733. The highest BCUT2D eigenvalue weighted by molar-refractivity contribution is 5.17. The average molecular weight is 206 g/mol. The Morgan fingerprint density at radius 2 is 1.27 bits per heavy atom. The molecule has 1 aliphatic rings. The summed E-state index contributed by atoms with van der Waals surface area (Å²) in [6.07, 6.45) is 21.8. The first-order chi connectivity index (χ1) is 7.43. The van der Waals surface area contributed by atoms with Gasteiger partial charge < -0.3 is 0 Å². The van der Waals surface area contributed by atoms with Gasteiger partial charge in [0.2, 0.25) is 0 Å². The molecule has 15 heavy (non-hydrogen) atoms. The first-order valence-corrected chi connectivity index (χ1v) is 6.78. The van der Waals surface area contributed by atoms with Crippen LogP contribution in [0.1, 0.15) is 64.7 Å². The van der Waals surface area contributed by atoms with Crippen molar-refractivity contribution in [2.75, 3.05) is 0 Å². The van der Waals surface area contributed by atoms with Gasteiger partial charge in [-0.3, -0.25) is 0 Å². The molecule has 0 amide bonds. The van der Waals surface area contributed by atoms with Gasteiger partial charge in [-0.2, -0.15) is 0 Å². The van der Waals surface area contributed by atoms with Gasteiger partial charge in [0.1, 0.15) is 0 Å². The minimum absolute atomic E-state index is 0.755. The monoisotopic (exact) mass is 206 g/mol. The van der Waals surface area contributed by atoms with Gasteiger partial charge in [-0.05, 0) is 12.3 Å². The number of hydrogen-bond acceptors (Lipinski definition) is 0. The Labute approximate surface area is 95.5 Å². The molecule has 0 nitrogen and oxygen atoms in total. The first-order valence-electron chi connectivity index (χ1n) is 6.78. The predicted octanol–water partition coefficient (Wildman–Crippen LogP) is 5.26. The van der Waals surface area contributed by atoms with E-state index in [-0.39, 0.29) is 0 Å². The van der Waals surface area contributed by atoms with Crippen LogP contribution in [-0.2, 0) is 0 Å². The van der Waals surface area contributed by atoms with Gasteiger partial charge in [0, 0.05) is 0 Å². The van der Waals surface area contributed by atoms with Crippen LogP contribution in [0.15, 0.2) is 24.3 Å². The van der Waals surface area contributed by atoms with Crippen molar-refractivity contribution in [3.05, 3.63) is 24.3 Å². The van der Waals surface area contributed by atoms with Crippen LogP contribution in [0.3, 0.4) is 0 Å². The van der Waals surface area contributed by atoms with Crippen molar-refractivity contribution in [1.29, 1.82) is 0 Å². The highest BCUT2D eigenvalue weighted by Gasteiger charge is 2.02. The molecule has 0 radical (unpaired) electrons. The zero-order valence-corrected chi connectivity index (χ0v) is 10.3. The van der Waals surface area contributed by atoms with Gasteiger partial charge >= 0.3 is 0 Å². The van der Waals surface area contributed by atoms with Gasteiger partial charge in [0.15, 0.2) is 0 Å². The maximum Gasteiger partial charge on any atom is -0.00473 e. The molecule has 0 fully saturated rings. The van der Waals surface area contributed by atoms with Crippen LogP contribution in [0.4, 0.5) is 0 Å². The van der Waals surface area contributed by atoms with E-state index in [1.807, 2.05) is 0 Å². The number of unbranched alkanes of at least 4 members (excludes halogenated alkanes) is 7. The van der Waals surface area contributed by atoms with E-state index in [2.05, 4.69) is 31.2 Å². The second-order valence-electron chi connectivity index (χ2n) is 4.70. The van der Waals surface area contributed by atoms with E-state index < -0.39 is 0 Å². The van der Waals surface area contributed by atoms with Crippen molar-refractivity contribution < 1.29 is 0 Å². The molecule has 0 bridgehead atoms. The van der Waals surface area contributed by atoms with Crippen molar-refractivity contribution in [3.8, 4) is 0 Å². The Hall–Kier alpha value is -0.520. The summed E-state index contributed by atoms with van der Waals surface area (Å²) < 4.78 is 0. The summed E-state index contributed by atoms with van der Waals surface area (Å²) in [6.45, 7) is 2.28. The highest BCUT2D eigenvalue weighted by Crippen LogP contribution is 2.18. The standard InChI is InChI=1S/C15H26/c1-2-3-4-5-6-7-8-9-12-15-13-10-11-14-15/h10-11,13-15H,2-9,12H2,1H3. The van der Waals surface area contributed by atoms with E-state index in [0.717, 1.165) is 5.92 Å². The highest BCUT2D eigenvalue weighted by atomic mass is 14.1. The summed E-state index contributed by atoms with van der Waals surface area (Å²) >= 11 is 0. The van der Waals surface area contributed by atoms with E-state index in [0.29, 0.717) is 0 Å². The normalized spacial score (nSPS) is 15.3. The van der Waals surface area contributed by atoms with Crippen LogP contribution in [0, 0.1) is 5.92 Å². The van der Waals surface area contributed by atoms with Crippen LogP contribution in [0.2, 0.25) is 0 Å². The lowest BCUT2D eigenvalue weighted by molar-refractivity contribution is 0.549. The van der Waals surface area contributed by atoms with Crippen molar-refractivity contribution in [1.82, 2.24) is 0 Å². The fourth-order valence-electron chi connectivity index (χ4n) is 2.18. The molecule has 1 rings (SSSR count). The summed E-state index contributed by atoms with van der Waals surface area (Å²) in [5, 5.41) is 0. The van der Waals surface area contributed by atoms with Gasteiger partial charge in [0.05, 0.1) is 0 Å². The Morgan fingerprint density at radius 1 is 0.733 bits per heavy atom. The maximum absolute atomic E-state index is 2.32. The second-order valence-corrected chi connectivity index (χ2v) is 4.70. The zero-order chi connectivity index (χ0) is 10.8. The molecule has 1 aliphatic carbocycles. The molecule has 0 heterocycles. The van der Waals surface area contributed by atoms with Crippen LogP contribution in [0.5, 0.6) is 0 Å². The average Bonchev–Trinajstić information content (AvgIpc) is 2.75. The SMILES string of the molecule is CCCCCCCCCCC1C=CC=C1. The molecule has 86 valence electrons. The Balaban J connectivity index is 1.77. The second kappa shape index (κ2) is 8.76. The number of rotatable bonds is 9. The topological polar surface area (TPSA) is 0 Å². The summed E-state index contributed by atoms with van der Waals surface area (Å²) in [5.41, 5.74) is 0. The molecule has 0 heteroatoms. The van der Waals surface area contributed by atoms with Gasteiger partial charge in [0.25, 0.3) is 0 Å². The molecular formula is C15H26. The third-order valence-corrected chi connectivity index (χ3v) is 3.22. The Morgan fingerprint density at radius 3 is 1.87 bits per heavy atom. The lowest BCUT2D eigenvalue weighted by atomic mass is 10.0. The van der Waals surface area contributed by atoms with Crippen molar-refractivity contribution in [2.24, 2.45) is 5.92 Å². The van der Waals surface area contributed by atoms with Crippen LogP contribution in [-0.4, -0.2) is 0 Å². The van der Waals surface area contributed by atoms with Crippen molar-refractivity contribution in [2.45, 2.75) is 64.7 Å². The van der Waals surface area contributed by atoms with Crippen LogP contribution >= 0.6 is 0 Å². The molecule has 0 aromatic heterocycles. The summed E-state index contributed by atoms with van der Waals surface area (Å²) in [6, 6.07) is 0. The molecule has 0 spiro atoms. The van der Waals surface area contributed by atoms with E-state index in [1.54, 1.807) is 0 Å². The van der Waals surface area contributed by atoms with E-state index in [1.165, 1.54) is 57.8 Å². The molecule has 0 aromatic rings. The lowest BCUT2D eigenvalue weighted by Crippen LogP contribution is -1.89. The summed E-state index contributed by atoms with van der Waals surface area (Å²) in [4.78, 5) is 0. The third kappa shape index (κ3) is 6.54. The third-order valence-electron chi connectivity index (χ3n) is 3.22. The Kier molecular flexibility index (Phi) is 7.33. The number of hydrogen-bond donors (Lipinski definition) is 0. The van der Waals surface area contributed by atoms with Crippen molar-refractivity contribution >= 4 is 0 Å². The minimum atomic E-state index is 0.755. The van der Waals surface area contributed by atoms with Gasteiger partial charge in [-0.15, -0.1) is 0 Å². The maximum atomic E-state index is 2.32. The Bertz CT molecular complexity index is 176. The number of allylic oxidation sites excluding steroid dienone is 4. The lowest BCUT2D eigenvalue weighted by Gasteiger charge is -2.04. The molecule has 0 aromatic carbocycles. The molecule has 0 saturated carbocycles. The molecular weight excluding hydrogens is 180 g/mol. The summed E-state index contributed by atoms with van der Waals surface area (Å²) in [7, 11) is 0. The molecule has 0 unspecified atom stereocenters. The van der Waals surface area contributed by atoms with Crippen LogP contribution < -0.4 is 0 Å². The molecule has 0 saturated heterocycles. The quantitative estimate of drug-likeness (QED) is 0.451. The van der Waals surface area contributed by atoms with E-state index in [9.17, 15) is 0 Å². The van der Waals surface area contributed by atoms with Gasteiger partial charge in [-0.1, -0.05) is 82.6 Å². The zero-order valence-electron chi connectivity index (χ0n) is 10.3. The molecule has 0 aliphatic heterocycles. The van der Waals surface area contributed by atoms with Crippen molar-refractivity contribution in [3.63, 3.8) is 0 Å². The van der Waals surface area contributed by atoms with E-state index in [4.69, 9.17) is 0 Å². The van der Waals surface area contributed by atoms with Crippen LogP contribution in [0.25, 0.3) is 0 Å². The van der Waals surface area contributed by atoms with Gasteiger partial charge in [-0.25, -0.2) is 0 Å². The summed E-state index contributed by atoms with van der Waals surface area (Å²) in [5.74, 6) is 0.755. The largest absolute Gasteiger partial charge is 0.0776 e.